The van der Waals surface area contributed by atoms with Crippen LogP contribution in [0.1, 0.15) is 58.8 Å². The van der Waals surface area contributed by atoms with Crippen LogP contribution in [0, 0.1) is 11.3 Å². The largest absolute Gasteiger partial charge is 0.377 e. The first-order valence-electron chi connectivity index (χ1n) is 9.98. The normalized spacial score (nSPS) is 32.5. The molecule has 138 valence electrons. The van der Waals surface area contributed by atoms with Crippen LogP contribution >= 0.6 is 0 Å². The molecule has 0 spiro atoms. The zero-order chi connectivity index (χ0) is 17.0. The molecule has 5 heteroatoms. The molecule has 0 unspecified atom stereocenters. The van der Waals surface area contributed by atoms with Crippen molar-refractivity contribution >= 4 is 6.03 Å². The van der Waals surface area contributed by atoms with Gasteiger partial charge < -0.3 is 20.3 Å². The van der Waals surface area contributed by atoms with Crippen molar-refractivity contribution in [2.75, 3.05) is 32.8 Å². The number of carbonyl (C=O) groups excluding carboxylic acids is 1. The van der Waals surface area contributed by atoms with Crippen LogP contribution < -0.4 is 10.6 Å². The Kier molecular flexibility index (Phi) is 6.03. The van der Waals surface area contributed by atoms with E-state index in [9.17, 15) is 4.79 Å². The molecule has 3 rings (SSSR count). The van der Waals surface area contributed by atoms with Crippen molar-refractivity contribution in [3.05, 3.63) is 0 Å². The van der Waals surface area contributed by atoms with Gasteiger partial charge in [-0.2, -0.15) is 0 Å². The average molecular weight is 338 g/mol. The number of likely N-dealkylation sites (tertiary alicyclic amines) is 1. The Bertz CT molecular complexity index is 419. The summed E-state index contributed by atoms with van der Waals surface area (Å²) in [6.45, 7) is 9.44. The molecule has 1 aliphatic carbocycles. The summed E-state index contributed by atoms with van der Waals surface area (Å²) in [5.74, 6) is 0.497. The van der Waals surface area contributed by atoms with E-state index in [4.69, 9.17) is 4.74 Å². The second-order valence-corrected chi connectivity index (χ2v) is 8.34. The molecule has 2 saturated heterocycles. The Morgan fingerprint density at radius 2 is 2.17 bits per heavy atom. The van der Waals surface area contributed by atoms with E-state index in [1.54, 1.807) is 0 Å². The number of hydrogen-bond donors (Lipinski definition) is 2. The standard InChI is InChI=1S/C19H35N3O2/c1-3-7-19(8-9-19)14-20-18(23)21-17-6-10-22(12-15(17)2)13-16-5-4-11-24-16/h15-17H,3-14H2,1-2H3,(H2,20,21,23)/t15-,16+,17-/m1/s1. The number of urea groups is 1. The van der Waals surface area contributed by atoms with Gasteiger partial charge in [-0.05, 0) is 49.9 Å². The summed E-state index contributed by atoms with van der Waals surface area (Å²) in [6, 6.07) is 0.328. The summed E-state index contributed by atoms with van der Waals surface area (Å²) in [7, 11) is 0. The molecule has 3 atom stereocenters. The molecule has 0 bridgehead atoms. The van der Waals surface area contributed by atoms with Gasteiger partial charge in [-0.1, -0.05) is 20.3 Å². The van der Waals surface area contributed by atoms with Crippen LogP contribution in [-0.2, 0) is 4.74 Å². The van der Waals surface area contributed by atoms with Gasteiger partial charge in [0.25, 0.3) is 0 Å². The fourth-order valence-corrected chi connectivity index (χ4v) is 4.40. The number of rotatable bonds is 7. The van der Waals surface area contributed by atoms with Crippen molar-refractivity contribution in [2.45, 2.75) is 70.9 Å². The lowest BCUT2D eigenvalue weighted by Crippen LogP contribution is -2.53. The van der Waals surface area contributed by atoms with Gasteiger partial charge in [0.1, 0.15) is 0 Å². The van der Waals surface area contributed by atoms with Crippen molar-refractivity contribution in [3.63, 3.8) is 0 Å². The van der Waals surface area contributed by atoms with Gasteiger partial charge in [0, 0.05) is 38.8 Å². The van der Waals surface area contributed by atoms with E-state index in [0.717, 1.165) is 39.2 Å². The fraction of sp³-hybridized carbons (Fsp3) is 0.947. The third-order valence-corrected chi connectivity index (χ3v) is 6.15. The highest BCUT2D eigenvalue weighted by Crippen LogP contribution is 2.48. The van der Waals surface area contributed by atoms with Gasteiger partial charge in [-0.15, -0.1) is 0 Å². The maximum absolute atomic E-state index is 12.2. The smallest absolute Gasteiger partial charge is 0.315 e. The number of ether oxygens (including phenoxy) is 1. The topological polar surface area (TPSA) is 53.6 Å². The third-order valence-electron chi connectivity index (χ3n) is 6.15. The number of nitrogens with one attached hydrogen (secondary N) is 2. The number of hydrogen-bond acceptors (Lipinski definition) is 3. The minimum atomic E-state index is 0.0294. The van der Waals surface area contributed by atoms with Crippen molar-refractivity contribution in [2.24, 2.45) is 11.3 Å². The van der Waals surface area contributed by atoms with Crippen molar-refractivity contribution in [3.8, 4) is 0 Å². The minimum Gasteiger partial charge on any atom is -0.377 e. The van der Waals surface area contributed by atoms with E-state index >= 15 is 0 Å². The average Bonchev–Trinajstić information content (AvgIpc) is 3.13. The molecule has 0 aromatic heterocycles. The van der Waals surface area contributed by atoms with Gasteiger partial charge in [0.05, 0.1) is 6.10 Å². The molecule has 2 N–H and O–H groups in total. The highest BCUT2D eigenvalue weighted by Gasteiger charge is 2.41. The van der Waals surface area contributed by atoms with Crippen molar-refractivity contribution in [1.29, 1.82) is 0 Å². The Balaban J connectivity index is 1.36. The van der Waals surface area contributed by atoms with Crippen LogP contribution in [-0.4, -0.2) is 55.9 Å². The summed E-state index contributed by atoms with van der Waals surface area (Å²) in [5, 5.41) is 6.34. The molecule has 24 heavy (non-hydrogen) atoms. The van der Waals surface area contributed by atoms with E-state index < -0.39 is 0 Å². The minimum absolute atomic E-state index is 0.0294. The molecule has 2 amide bonds. The van der Waals surface area contributed by atoms with Gasteiger partial charge >= 0.3 is 6.03 Å². The first-order valence-corrected chi connectivity index (χ1v) is 9.98. The second-order valence-electron chi connectivity index (χ2n) is 8.34. The zero-order valence-corrected chi connectivity index (χ0v) is 15.5. The van der Waals surface area contributed by atoms with Crippen molar-refractivity contribution < 1.29 is 9.53 Å². The molecule has 3 fully saturated rings. The summed E-state index contributed by atoms with van der Waals surface area (Å²) in [4.78, 5) is 14.8. The molecule has 3 aliphatic rings. The van der Waals surface area contributed by atoms with Crippen LogP contribution in [0.5, 0.6) is 0 Å². The predicted octanol–water partition coefficient (Wildman–Crippen LogP) is 2.76. The Morgan fingerprint density at radius 1 is 1.33 bits per heavy atom. The zero-order valence-electron chi connectivity index (χ0n) is 15.5. The lowest BCUT2D eigenvalue weighted by Gasteiger charge is -2.38. The van der Waals surface area contributed by atoms with Crippen molar-refractivity contribution in [1.82, 2.24) is 15.5 Å². The third kappa shape index (κ3) is 4.85. The SMILES string of the molecule is CCCC1(CNC(=O)N[C@@H]2CCN(C[C@@H]3CCCO3)C[C@H]2C)CC1. The Morgan fingerprint density at radius 3 is 2.79 bits per heavy atom. The summed E-state index contributed by atoms with van der Waals surface area (Å²) in [5.41, 5.74) is 0.419. The highest BCUT2D eigenvalue weighted by atomic mass is 16.5. The second kappa shape index (κ2) is 8.05. The lowest BCUT2D eigenvalue weighted by molar-refractivity contribution is 0.0522. The first-order chi connectivity index (χ1) is 11.6. The van der Waals surface area contributed by atoms with Gasteiger partial charge in [-0.25, -0.2) is 4.79 Å². The molecule has 2 heterocycles. The molecular formula is C19H35N3O2. The highest BCUT2D eigenvalue weighted by molar-refractivity contribution is 5.74. The summed E-state index contributed by atoms with van der Waals surface area (Å²) in [6.07, 6.45) is 8.89. The predicted molar refractivity (Wildman–Crippen MR) is 96.1 cm³/mol. The van der Waals surface area contributed by atoms with E-state index in [-0.39, 0.29) is 6.03 Å². The van der Waals surface area contributed by atoms with Gasteiger partial charge in [-0.3, -0.25) is 0 Å². The summed E-state index contributed by atoms with van der Waals surface area (Å²) >= 11 is 0. The maximum atomic E-state index is 12.2. The van der Waals surface area contributed by atoms with E-state index in [1.165, 1.54) is 38.5 Å². The number of nitrogens with zero attached hydrogens (tertiary/aromatic N) is 1. The van der Waals surface area contributed by atoms with Crippen LogP contribution in [0.2, 0.25) is 0 Å². The number of piperidine rings is 1. The molecular weight excluding hydrogens is 302 g/mol. The van der Waals surface area contributed by atoms with Crippen LogP contribution in [0.15, 0.2) is 0 Å². The number of carbonyl (C=O) groups is 1. The molecule has 5 nitrogen and oxygen atoms in total. The van der Waals surface area contributed by atoms with Crippen LogP contribution in [0.4, 0.5) is 4.79 Å². The number of amides is 2. The van der Waals surface area contributed by atoms with E-state index in [1.807, 2.05) is 0 Å². The molecule has 1 saturated carbocycles. The van der Waals surface area contributed by atoms with Crippen LogP contribution in [0.25, 0.3) is 0 Å². The van der Waals surface area contributed by atoms with E-state index in [2.05, 4.69) is 29.4 Å². The van der Waals surface area contributed by atoms with Crippen LogP contribution in [0.3, 0.4) is 0 Å². The molecule has 2 aliphatic heterocycles. The quantitative estimate of drug-likeness (QED) is 0.751. The monoisotopic (exact) mass is 337 g/mol. The Hall–Kier alpha value is -0.810. The lowest BCUT2D eigenvalue weighted by atomic mass is 9.93. The Labute approximate surface area is 146 Å². The fourth-order valence-electron chi connectivity index (χ4n) is 4.40. The van der Waals surface area contributed by atoms with E-state index in [0.29, 0.717) is 23.5 Å². The van der Waals surface area contributed by atoms with Gasteiger partial charge in [0.15, 0.2) is 0 Å². The molecule has 0 aromatic carbocycles. The maximum Gasteiger partial charge on any atom is 0.315 e. The first kappa shape index (κ1) is 18.0. The van der Waals surface area contributed by atoms with Gasteiger partial charge in [0.2, 0.25) is 0 Å². The molecule has 0 aromatic rings. The summed E-state index contributed by atoms with van der Waals surface area (Å²) < 4.78 is 5.75. The molecule has 0 radical (unpaired) electrons.